The summed E-state index contributed by atoms with van der Waals surface area (Å²) in [5, 5.41) is 5.53. The van der Waals surface area contributed by atoms with Crippen LogP contribution in [-0.2, 0) is 16.3 Å². The maximum absolute atomic E-state index is 14.0. The van der Waals surface area contributed by atoms with Crippen molar-refractivity contribution in [3.05, 3.63) is 53.8 Å². The van der Waals surface area contributed by atoms with Crippen molar-refractivity contribution in [3.63, 3.8) is 0 Å². The lowest BCUT2D eigenvalue weighted by Gasteiger charge is -2.29. The topological polar surface area (TPSA) is 61.4 Å². The minimum atomic E-state index is -3.78. The van der Waals surface area contributed by atoms with E-state index in [2.05, 4.69) is 15.5 Å². The van der Waals surface area contributed by atoms with Gasteiger partial charge in [0.05, 0.1) is 0 Å². The summed E-state index contributed by atoms with van der Waals surface area (Å²) in [6.45, 7) is 3.76. The smallest absolute Gasteiger partial charge is 0.202 e. The van der Waals surface area contributed by atoms with Gasteiger partial charge in [-0.2, -0.15) is 0 Å². The van der Waals surface area contributed by atoms with Gasteiger partial charge in [0.2, 0.25) is 9.84 Å². The normalized spacial score (nSPS) is 20.2. The Morgan fingerprint density at radius 1 is 1.08 bits per heavy atom. The molecule has 1 fully saturated rings. The second-order valence-corrected chi connectivity index (χ2v) is 8.49. The molecule has 2 aromatic rings. The molecule has 2 heterocycles. The minimum absolute atomic E-state index is 0.248. The molecule has 0 bridgehead atoms. The zero-order valence-electron chi connectivity index (χ0n) is 13.7. The Bertz CT molecular complexity index is 895. The van der Waals surface area contributed by atoms with Gasteiger partial charge in [0.25, 0.3) is 0 Å². The summed E-state index contributed by atoms with van der Waals surface area (Å²) in [6, 6.07) is 11.5. The first-order chi connectivity index (χ1) is 12.1. The summed E-state index contributed by atoms with van der Waals surface area (Å²) < 4.78 is 39.5. The van der Waals surface area contributed by atoms with Gasteiger partial charge in [-0.15, -0.1) is 0 Å². The van der Waals surface area contributed by atoms with Gasteiger partial charge in [-0.05, 0) is 35.9 Å². The van der Waals surface area contributed by atoms with Crippen LogP contribution in [0, 0.1) is 5.82 Å². The Hall–Kier alpha value is -2.12. The first kappa shape index (κ1) is 16.4. The third-order valence-corrected chi connectivity index (χ3v) is 6.79. The van der Waals surface area contributed by atoms with Crippen molar-refractivity contribution >= 4 is 21.2 Å². The quantitative estimate of drug-likeness (QED) is 0.876. The molecular weight excluding hydrogens is 341 g/mol. The van der Waals surface area contributed by atoms with E-state index in [9.17, 15) is 12.8 Å². The van der Waals surface area contributed by atoms with Gasteiger partial charge >= 0.3 is 0 Å². The number of rotatable bonds is 3. The lowest BCUT2D eigenvalue weighted by molar-refractivity contribution is 0.560. The van der Waals surface area contributed by atoms with E-state index in [0.29, 0.717) is 6.42 Å². The second kappa shape index (κ2) is 6.31. The van der Waals surface area contributed by atoms with Crippen molar-refractivity contribution in [2.24, 2.45) is 0 Å². The number of nitrogens with zero attached hydrogens (tertiary/aromatic N) is 1. The van der Waals surface area contributed by atoms with Gasteiger partial charge in [-0.25, -0.2) is 12.8 Å². The maximum Gasteiger partial charge on any atom is 0.202 e. The van der Waals surface area contributed by atoms with Gasteiger partial charge in [-0.3, -0.25) is 0 Å². The number of hydrogen-bond donors (Lipinski definition) is 2. The minimum Gasteiger partial charge on any atom is -0.369 e. The first-order valence-electron chi connectivity index (χ1n) is 8.39. The van der Waals surface area contributed by atoms with Crippen LogP contribution in [0.15, 0.2) is 47.4 Å². The first-order valence-corrected chi connectivity index (χ1v) is 9.94. The van der Waals surface area contributed by atoms with E-state index in [0.717, 1.165) is 43.1 Å². The molecule has 1 atom stereocenters. The Labute approximate surface area is 146 Å². The van der Waals surface area contributed by atoms with E-state index in [1.165, 1.54) is 18.2 Å². The lowest BCUT2D eigenvalue weighted by atomic mass is 10.1. The number of halogens is 1. The van der Waals surface area contributed by atoms with E-state index >= 15 is 0 Å². The largest absolute Gasteiger partial charge is 0.369 e. The number of fused-ring (bicyclic) bond motifs is 1. The van der Waals surface area contributed by atoms with Gasteiger partial charge in [-0.1, -0.05) is 12.1 Å². The average Bonchev–Trinajstić information content (AvgIpc) is 3.07. The lowest BCUT2D eigenvalue weighted by Crippen LogP contribution is -2.43. The highest BCUT2D eigenvalue weighted by Gasteiger charge is 2.35. The number of benzene rings is 2. The van der Waals surface area contributed by atoms with Crippen molar-refractivity contribution < 1.29 is 12.8 Å². The van der Waals surface area contributed by atoms with Crippen LogP contribution in [0.5, 0.6) is 0 Å². The Kier molecular flexibility index (Phi) is 4.13. The molecule has 0 radical (unpaired) electrons. The number of nitrogens with one attached hydrogen (secondary N) is 2. The van der Waals surface area contributed by atoms with Crippen LogP contribution in [0.4, 0.5) is 15.8 Å². The summed E-state index contributed by atoms with van der Waals surface area (Å²) in [7, 11) is -3.78. The van der Waals surface area contributed by atoms with E-state index in [1.54, 1.807) is 6.07 Å². The van der Waals surface area contributed by atoms with Crippen molar-refractivity contribution in [1.82, 2.24) is 5.32 Å². The molecule has 2 N–H and O–H groups in total. The van der Waals surface area contributed by atoms with Crippen molar-refractivity contribution in [2.75, 3.05) is 36.4 Å². The fraction of sp³-hybridized carbons (Fsp3) is 0.333. The molecular formula is C18H20FN3O2S. The number of sulfone groups is 1. The molecule has 0 aromatic heterocycles. The number of piperazine rings is 1. The molecule has 0 saturated carbocycles. The average molecular weight is 361 g/mol. The van der Waals surface area contributed by atoms with Crippen LogP contribution in [0.3, 0.4) is 0 Å². The predicted molar refractivity (Wildman–Crippen MR) is 96.2 cm³/mol. The molecule has 2 aliphatic rings. The van der Waals surface area contributed by atoms with Crippen LogP contribution >= 0.6 is 0 Å². The monoisotopic (exact) mass is 361 g/mol. The fourth-order valence-electron chi connectivity index (χ4n) is 3.45. The molecule has 1 saturated heterocycles. The zero-order valence-corrected chi connectivity index (χ0v) is 14.5. The van der Waals surface area contributed by atoms with Crippen LogP contribution in [-0.4, -0.2) is 40.0 Å². The highest BCUT2D eigenvalue weighted by atomic mass is 32.2. The van der Waals surface area contributed by atoms with Crippen LogP contribution < -0.4 is 15.5 Å². The molecule has 2 aliphatic heterocycles. The number of anilines is 2. The van der Waals surface area contributed by atoms with Gasteiger partial charge in [0, 0.05) is 44.0 Å². The summed E-state index contributed by atoms with van der Waals surface area (Å²) in [5.74, 6) is -0.707. The van der Waals surface area contributed by atoms with Crippen LogP contribution in [0.1, 0.15) is 5.56 Å². The standard InChI is InChI=1S/C18H20FN3O2S/c19-15-3-1-2-4-17(15)25(23,24)18-12-13-11-14(5-6-16(13)21-18)22-9-7-20-8-10-22/h1-6,11,18,20-21H,7-10,12H2. The predicted octanol–water partition coefficient (Wildman–Crippen LogP) is 2.00. The van der Waals surface area contributed by atoms with Gasteiger partial charge in [0.15, 0.2) is 0 Å². The molecule has 2 aromatic carbocycles. The van der Waals surface area contributed by atoms with Gasteiger partial charge in [0.1, 0.15) is 16.1 Å². The molecule has 5 nitrogen and oxygen atoms in total. The molecule has 4 rings (SSSR count). The molecule has 25 heavy (non-hydrogen) atoms. The van der Waals surface area contributed by atoms with Crippen LogP contribution in [0.2, 0.25) is 0 Å². The van der Waals surface area contributed by atoms with E-state index in [4.69, 9.17) is 0 Å². The van der Waals surface area contributed by atoms with Crippen LogP contribution in [0.25, 0.3) is 0 Å². The Morgan fingerprint density at radius 3 is 2.60 bits per heavy atom. The highest BCUT2D eigenvalue weighted by Crippen LogP contribution is 2.34. The highest BCUT2D eigenvalue weighted by molar-refractivity contribution is 7.92. The molecule has 1 unspecified atom stereocenters. The number of hydrogen-bond acceptors (Lipinski definition) is 5. The summed E-state index contributed by atoms with van der Waals surface area (Å²) in [6.07, 6.45) is 0.339. The second-order valence-electron chi connectivity index (χ2n) is 6.39. The summed E-state index contributed by atoms with van der Waals surface area (Å²) in [4.78, 5) is 2.04. The van der Waals surface area contributed by atoms with E-state index in [-0.39, 0.29) is 4.90 Å². The fourth-order valence-corrected chi connectivity index (χ4v) is 5.05. The third-order valence-electron chi connectivity index (χ3n) is 4.81. The molecule has 0 spiro atoms. The summed E-state index contributed by atoms with van der Waals surface area (Å²) in [5.41, 5.74) is 2.87. The molecule has 132 valence electrons. The van der Waals surface area contributed by atoms with Crippen molar-refractivity contribution in [2.45, 2.75) is 16.7 Å². The molecule has 0 amide bonds. The maximum atomic E-state index is 14.0. The summed E-state index contributed by atoms with van der Waals surface area (Å²) >= 11 is 0. The third kappa shape index (κ3) is 2.98. The van der Waals surface area contributed by atoms with Crippen molar-refractivity contribution in [1.29, 1.82) is 0 Å². The van der Waals surface area contributed by atoms with Crippen molar-refractivity contribution in [3.8, 4) is 0 Å². The molecule has 0 aliphatic carbocycles. The SMILES string of the molecule is O=S(=O)(c1ccccc1F)C1Cc2cc(N3CCNCC3)ccc2N1. The Balaban J connectivity index is 1.60. The Morgan fingerprint density at radius 2 is 1.84 bits per heavy atom. The van der Waals surface area contributed by atoms with E-state index in [1.807, 2.05) is 18.2 Å². The van der Waals surface area contributed by atoms with E-state index < -0.39 is 21.0 Å². The zero-order chi connectivity index (χ0) is 17.4. The molecule has 7 heteroatoms. The van der Waals surface area contributed by atoms with Gasteiger partial charge < -0.3 is 15.5 Å².